The highest BCUT2D eigenvalue weighted by Crippen LogP contribution is 2.18. The molecule has 3 atom stereocenters. The first kappa shape index (κ1) is 23.3. The molecule has 6 N–H and O–H groups in total. The topological polar surface area (TPSA) is 171 Å². The molecule has 30 heavy (non-hydrogen) atoms. The van der Waals surface area contributed by atoms with Gasteiger partial charge in [-0.3, -0.25) is 14.4 Å². The second kappa shape index (κ2) is 10.7. The van der Waals surface area contributed by atoms with E-state index in [9.17, 15) is 24.3 Å². The van der Waals surface area contributed by atoms with Crippen molar-refractivity contribution < 1.29 is 24.3 Å². The average molecular weight is 422 g/mol. The largest absolute Gasteiger partial charge is 0.480 e. The van der Waals surface area contributed by atoms with Crippen LogP contribution < -0.4 is 16.4 Å². The first-order valence-electron chi connectivity index (χ1n) is 10.0. The average Bonchev–Trinajstić information content (AvgIpc) is 3.36. The van der Waals surface area contributed by atoms with E-state index in [1.54, 1.807) is 0 Å². The maximum absolute atomic E-state index is 12.7. The van der Waals surface area contributed by atoms with Gasteiger partial charge in [0.1, 0.15) is 12.1 Å². The SMILES string of the molecule is CC(C)CC(N)C(=O)NCC(=O)N1CCCC1C(=O)NC(Cc1cnc[nH]1)C(=O)O. The number of likely N-dealkylation sites (tertiary alicyclic amines) is 1. The van der Waals surface area contributed by atoms with E-state index in [-0.39, 0.29) is 18.9 Å². The molecule has 1 aromatic rings. The van der Waals surface area contributed by atoms with Gasteiger partial charge in [-0.2, -0.15) is 0 Å². The number of carboxylic acids is 1. The standard InChI is InChI=1S/C19H30N6O5/c1-11(2)6-13(20)17(27)22-9-16(26)25-5-3-4-15(25)18(28)24-14(19(29)30)7-12-8-21-10-23-12/h8,10-11,13-15H,3-7,9,20H2,1-2H3,(H,21,23)(H,22,27)(H,24,28)(H,29,30). The Morgan fingerprint density at radius 1 is 1.37 bits per heavy atom. The summed E-state index contributed by atoms with van der Waals surface area (Å²) in [6.07, 6.45) is 4.50. The molecule has 1 fully saturated rings. The van der Waals surface area contributed by atoms with Crippen molar-refractivity contribution in [3.63, 3.8) is 0 Å². The minimum Gasteiger partial charge on any atom is -0.480 e. The fraction of sp³-hybridized carbons (Fsp3) is 0.632. The summed E-state index contributed by atoms with van der Waals surface area (Å²) in [5.41, 5.74) is 6.38. The van der Waals surface area contributed by atoms with Crippen LogP contribution >= 0.6 is 0 Å². The van der Waals surface area contributed by atoms with Crippen molar-refractivity contribution in [1.82, 2.24) is 25.5 Å². The molecule has 0 bridgehead atoms. The number of carboxylic acid groups (broad SMARTS) is 1. The third kappa shape index (κ3) is 6.55. The summed E-state index contributed by atoms with van der Waals surface area (Å²) in [6, 6.07) is -2.62. The Labute approximate surface area is 174 Å². The van der Waals surface area contributed by atoms with Gasteiger partial charge in [-0.25, -0.2) is 9.78 Å². The van der Waals surface area contributed by atoms with Gasteiger partial charge >= 0.3 is 5.97 Å². The number of rotatable bonds is 10. The molecular weight excluding hydrogens is 392 g/mol. The minimum atomic E-state index is -1.18. The number of aliphatic carboxylic acids is 1. The quantitative estimate of drug-likeness (QED) is 0.322. The van der Waals surface area contributed by atoms with Crippen LogP contribution in [0.1, 0.15) is 38.8 Å². The molecule has 1 saturated heterocycles. The third-order valence-corrected chi connectivity index (χ3v) is 4.95. The van der Waals surface area contributed by atoms with Crippen LogP contribution in [0.4, 0.5) is 0 Å². The lowest BCUT2D eigenvalue weighted by Gasteiger charge is -2.26. The molecule has 0 saturated carbocycles. The Morgan fingerprint density at radius 3 is 2.70 bits per heavy atom. The fourth-order valence-corrected chi connectivity index (χ4v) is 3.43. The molecule has 0 aliphatic carbocycles. The van der Waals surface area contributed by atoms with Crippen LogP contribution in [0.25, 0.3) is 0 Å². The van der Waals surface area contributed by atoms with Gasteiger partial charge < -0.3 is 31.4 Å². The summed E-state index contributed by atoms with van der Waals surface area (Å²) in [5.74, 6) is -2.28. The molecule has 0 aromatic carbocycles. The van der Waals surface area contributed by atoms with E-state index < -0.39 is 41.8 Å². The van der Waals surface area contributed by atoms with Crippen molar-refractivity contribution >= 4 is 23.7 Å². The molecule has 0 radical (unpaired) electrons. The summed E-state index contributed by atoms with van der Waals surface area (Å²) in [7, 11) is 0. The van der Waals surface area contributed by atoms with E-state index in [1.165, 1.54) is 17.4 Å². The number of nitrogens with two attached hydrogens (primary N) is 1. The summed E-state index contributed by atoms with van der Waals surface area (Å²) < 4.78 is 0. The predicted octanol–water partition coefficient (Wildman–Crippen LogP) is -0.998. The number of aromatic nitrogens is 2. The van der Waals surface area contributed by atoms with E-state index in [4.69, 9.17) is 5.73 Å². The van der Waals surface area contributed by atoms with Crippen molar-refractivity contribution in [2.75, 3.05) is 13.1 Å². The second-order valence-corrected chi connectivity index (χ2v) is 7.88. The lowest BCUT2D eigenvalue weighted by molar-refractivity contribution is -0.144. The van der Waals surface area contributed by atoms with Crippen molar-refractivity contribution in [1.29, 1.82) is 0 Å². The Balaban J connectivity index is 1.91. The maximum atomic E-state index is 12.7. The number of imidazole rings is 1. The Morgan fingerprint density at radius 2 is 2.10 bits per heavy atom. The Bertz CT molecular complexity index is 751. The van der Waals surface area contributed by atoms with Crippen LogP contribution in [-0.4, -0.2) is 74.9 Å². The van der Waals surface area contributed by atoms with E-state index in [0.717, 1.165) is 0 Å². The van der Waals surface area contributed by atoms with Crippen LogP contribution in [0.5, 0.6) is 0 Å². The van der Waals surface area contributed by atoms with Gasteiger partial charge in [0.05, 0.1) is 18.9 Å². The lowest BCUT2D eigenvalue weighted by atomic mass is 10.0. The zero-order valence-electron chi connectivity index (χ0n) is 17.3. The number of amides is 3. The number of hydrogen-bond acceptors (Lipinski definition) is 6. The molecule has 2 heterocycles. The van der Waals surface area contributed by atoms with Crippen LogP contribution in [0.15, 0.2) is 12.5 Å². The van der Waals surface area contributed by atoms with Gasteiger partial charge in [-0.05, 0) is 25.2 Å². The van der Waals surface area contributed by atoms with Crippen molar-refractivity contribution in [2.45, 2.75) is 57.7 Å². The molecule has 3 amide bonds. The zero-order chi connectivity index (χ0) is 22.3. The highest BCUT2D eigenvalue weighted by molar-refractivity contribution is 5.93. The number of carbonyl (C=O) groups excluding carboxylic acids is 3. The van der Waals surface area contributed by atoms with Crippen molar-refractivity contribution in [3.05, 3.63) is 18.2 Å². The molecule has 1 aliphatic rings. The van der Waals surface area contributed by atoms with Gasteiger partial charge in [0.15, 0.2) is 0 Å². The third-order valence-electron chi connectivity index (χ3n) is 4.95. The normalized spacial score (nSPS) is 18.1. The molecule has 11 nitrogen and oxygen atoms in total. The van der Waals surface area contributed by atoms with Gasteiger partial charge in [0.2, 0.25) is 17.7 Å². The molecular formula is C19H30N6O5. The first-order chi connectivity index (χ1) is 14.2. The summed E-state index contributed by atoms with van der Waals surface area (Å²) in [5, 5.41) is 14.4. The van der Waals surface area contributed by atoms with Crippen molar-refractivity contribution in [3.8, 4) is 0 Å². The fourth-order valence-electron chi connectivity index (χ4n) is 3.43. The summed E-state index contributed by atoms with van der Waals surface area (Å²) >= 11 is 0. The maximum Gasteiger partial charge on any atom is 0.326 e. The van der Waals surface area contributed by atoms with E-state index in [1.807, 2.05) is 13.8 Å². The predicted molar refractivity (Wildman–Crippen MR) is 107 cm³/mol. The molecule has 1 aromatic heterocycles. The van der Waals surface area contributed by atoms with Crippen LogP contribution in [-0.2, 0) is 25.6 Å². The number of carbonyl (C=O) groups is 4. The monoisotopic (exact) mass is 422 g/mol. The summed E-state index contributed by atoms with van der Waals surface area (Å²) in [4.78, 5) is 56.8. The van der Waals surface area contributed by atoms with Crippen molar-refractivity contribution in [2.24, 2.45) is 11.7 Å². The Hall–Kier alpha value is -2.95. The molecule has 1 aliphatic heterocycles. The van der Waals surface area contributed by atoms with Crippen LogP contribution in [0, 0.1) is 5.92 Å². The van der Waals surface area contributed by atoms with Gasteiger partial charge in [0.25, 0.3) is 0 Å². The molecule has 0 spiro atoms. The van der Waals surface area contributed by atoms with E-state index in [0.29, 0.717) is 31.5 Å². The number of aromatic amines is 1. The highest BCUT2D eigenvalue weighted by atomic mass is 16.4. The van der Waals surface area contributed by atoms with Gasteiger partial charge in [-0.1, -0.05) is 13.8 Å². The number of nitrogens with zero attached hydrogens (tertiary/aromatic N) is 2. The first-order valence-corrected chi connectivity index (χ1v) is 10.0. The zero-order valence-corrected chi connectivity index (χ0v) is 17.3. The molecule has 3 unspecified atom stereocenters. The second-order valence-electron chi connectivity index (χ2n) is 7.88. The van der Waals surface area contributed by atoms with Gasteiger partial charge in [-0.15, -0.1) is 0 Å². The number of H-pyrrole nitrogens is 1. The van der Waals surface area contributed by atoms with E-state index in [2.05, 4.69) is 20.6 Å². The number of nitrogens with one attached hydrogen (secondary N) is 3. The molecule has 11 heteroatoms. The Kier molecular flexibility index (Phi) is 8.34. The van der Waals surface area contributed by atoms with Crippen LogP contribution in [0.3, 0.4) is 0 Å². The van der Waals surface area contributed by atoms with Crippen LogP contribution in [0.2, 0.25) is 0 Å². The molecule has 166 valence electrons. The molecule has 2 rings (SSSR count). The number of hydrogen-bond donors (Lipinski definition) is 5. The van der Waals surface area contributed by atoms with E-state index >= 15 is 0 Å². The minimum absolute atomic E-state index is 0.0472. The smallest absolute Gasteiger partial charge is 0.326 e. The van der Waals surface area contributed by atoms with Gasteiger partial charge in [0, 0.05) is 24.9 Å². The highest BCUT2D eigenvalue weighted by Gasteiger charge is 2.36. The lowest BCUT2D eigenvalue weighted by Crippen LogP contribution is -2.53. The summed E-state index contributed by atoms with van der Waals surface area (Å²) in [6.45, 7) is 4.00.